The average Bonchev–Trinajstić information content (AvgIpc) is 3.42. The van der Waals surface area contributed by atoms with E-state index in [0.29, 0.717) is 49.1 Å². The number of nitrogens with zero attached hydrogens (tertiary/aromatic N) is 3. The highest BCUT2D eigenvalue weighted by atomic mass is 16.7. The van der Waals surface area contributed by atoms with E-state index in [-0.39, 0.29) is 31.6 Å². The molecule has 1 aromatic carbocycles. The number of urea groups is 1. The molecule has 5 rings (SSSR count). The van der Waals surface area contributed by atoms with Crippen molar-refractivity contribution in [3.05, 3.63) is 34.5 Å². The average molecular weight is 405 g/mol. The number of hydrogen-bond donors (Lipinski definition) is 3. The molecule has 12 nitrogen and oxygen atoms in total. The van der Waals surface area contributed by atoms with E-state index in [1.165, 1.54) is 0 Å². The molecule has 3 aliphatic heterocycles. The van der Waals surface area contributed by atoms with Gasteiger partial charge in [-0.2, -0.15) is 5.10 Å². The van der Waals surface area contributed by atoms with E-state index in [2.05, 4.69) is 15.5 Å². The van der Waals surface area contributed by atoms with Gasteiger partial charge >= 0.3 is 11.7 Å². The van der Waals surface area contributed by atoms with Crippen LogP contribution in [0.4, 0.5) is 10.5 Å². The number of amides is 2. The Morgan fingerprint density at radius 2 is 2.10 bits per heavy atom. The second-order valence-electron chi connectivity index (χ2n) is 6.78. The number of H-pyrrole nitrogens is 1. The van der Waals surface area contributed by atoms with Crippen molar-refractivity contribution >= 4 is 18.2 Å². The molecule has 0 bridgehead atoms. The maximum Gasteiger partial charge on any atom is 0.343 e. The van der Waals surface area contributed by atoms with Gasteiger partial charge in [-0.1, -0.05) is 0 Å². The van der Waals surface area contributed by atoms with Crippen LogP contribution >= 0.6 is 0 Å². The first-order chi connectivity index (χ1) is 14.0. The van der Waals surface area contributed by atoms with E-state index < -0.39 is 5.60 Å². The molecule has 0 saturated carbocycles. The number of rotatable bonds is 1. The zero-order valence-electron chi connectivity index (χ0n) is 15.3. The highest BCUT2D eigenvalue weighted by Crippen LogP contribution is 2.35. The number of aromatic nitrogens is 3. The summed E-state index contributed by atoms with van der Waals surface area (Å²) in [5.41, 5.74) is -0.156. The molecule has 2 amide bonds. The van der Waals surface area contributed by atoms with Crippen molar-refractivity contribution in [3.63, 3.8) is 0 Å². The van der Waals surface area contributed by atoms with Crippen LogP contribution in [-0.2, 0) is 22.7 Å². The molecule has 1 fully saturated rings. The Labute approximate surface area is 164 Å². The highest BCUT2D eigenvalue weighted by molar-refractivity contribution is 5.90. The van der Waals surface area contributed by atoms with Gasteiger partial charge in [0.2, 0.25) is 6.79 Å². The van der Waals surface area contributed by atoms with Crippen LogP contribution in [0.5, 0.6) is 11.5 Å². The van der Waals surface area contributed by atoms with E-state index in [4.69, 9.17) is 24.1 Å². The first kappa shape index (κ1) is 18.8. The summed E-state index contributed by atoms with van der Waals surface area (Å²) in [5.74, 6) is 1.87. The van der Waals surface area contributed by atoms with Gasteiger partial charge in [0.25, 0.3) is 6.47 Å². The molecule has 0 radical (unpaired) electrons. The molecule has 0 aliphatic carbocycles. The van der Waals surface area contributed by atoms with Crippen LogP contribution in [0.1, 0.15) is 12.2 Å². The van der Waals surface area contributed by atoms with E-state index in [1.807, 2.05) is 0 Å². The summed E-state index contributed by atoms with van der Waals surface area (Å²) >= 11 is 0. The van der Waals surface area contributed by atoms with Gasteiger partial charge < -0.3 is 29.5 Å². The molecular formula is C17H19N5O7. The third-order valence-corrected chi connectivity index (χ3v) is 5.02. The molecule has 12 heteroatoms. The molecular weight excluding hydrogens is 386 g/mol. The lowest BCUT2D eigenvalue weighted by molar-refractivity contribution is -0.122. The lowest BCUT2D eigenvalue weighted by Crippen LogP contribution is -2.47. The largest absolute Gasteiger partial charge is 0.483 e. The fraction of sp³-hybridized carbons (Fsp3) is 0.412. The smallest absolute Gasteiger partial charge is 0.343 e. The molecule has 4 heterocycles. The molecule has 1 atom stereocenters. The van der Waals surface area contributed by atoms with E-state index in [9.17, 15) is 9.59 Å². The first-order valence-electron chi connectivity index (χ1n) is 8.85. The summed E-state index contributed by atoms with van der Waals surface area (Å²) < 4.78 is 18.1. The summed E-state index contributed by atoms with van der Waals surface area (Å²) in [6, 6.07) is 5.06. The monoisotopic (exact) mass is 405 g/mol. The van der Waals surface area contributed by atoms with Crippen LogP contribution in [0, 0.1) is 0 Å². The minimum Gasteiger partial charge on any atom is -0.483 e. The summed E-state index contributed by atoms with van der Waals surface area (Å²) in [7, 11) is 0. The van der Waals surface area contributed by atoms with Crippen LogP contribution in [0.15, 0.2) is 23.0 Å². The normalized spacial score (nSPS) is 21.3. The van der Waals surface area contributed by atoms with Gasteiger partial charge in [0, 0.05) is 18.3 Å². The van der Waals surface area contributed by atoms with Crippen LogP contribution in [0.3, 0.4) is 0 Å². The Morgan fingerprint density at radius 3 is 2.93 bits per heavy atom. The first-order valence-corrected chi connectivity index (χ1v) is 8.85. The van der Waals surface area contributed by atoms with Crippen molar-refractivity contribution in [1.29, 1.82) is 0 Å². The number of likely N-dealkylation sites (tertiary alicyclic amines) is 1. The number of aromatic amines is 1. The van der Waals surface area contributed by atoms with E-state index in [0.717, 1.165) is 0 Å². The van der Waals surface area contributed by atoms with Gasteiger partial charge in [0.05, 0.1) is 13.1 Å². The van der Waals surface area contributed by atoms with Crippen molar-refractivity contribution < 1.29 is 28.9 Å². The van der Waals surface area contributed by atoms with Gasteiger partial charge in [-0.15, -0.1) is 0 Å². The van der Waals surface area contributed by atoms with Crippen molar-refractivity contribution in [2.75, 3.05) is 25.2 Å². The SMILES string of the molecule is O=C(Nc1ccc2c(c1)OCO2)N1CCC2(C1)Cn1c(n[nH]c1=O)CO2.O=CO. The molecule has 2 aromatic rings. The molecule has 1 spiro atoms. The Bertz CT molecular complexity index is 987. The zero-order valence-corrected chi connectivity index (χ0v) is 15.3. The van der Waals surface area contributed by atoms with Crippen molar-refractivity contribution in [3.8, 4) is 11.5 Å². The van der Waals surface area contributed by atoms with Crippen LogP contribution < -0.4 is 20.5 Å². The standard InChI is InChI=1S/C16H17N5O5.CH2O2/c22-14(17-10-1-2-11-12(5-10)25-9-24-11)20-4-3-16(7-20)8-21-13(6-26-16)18-19-15(21)23;2-1-3/h1-2,5H,3-4,6-9H2,(H,17,22)(H,19,23);1H,(H,2,3). The Morgan fingerprint density at radius 1 is 1.31 bits per heavy atom. The zero-order chi connectivity index (χ0) is 20.4. The molecule has 29 heavy (non-hydrogen) atoms. The quantitative estimate of drug-likeness (QED) is 0.570. The van der Waals surface area contributed by atoms with Crippen molar-refractivity contribution in [1.82, 2.24) is 19.7 Å². The van der Waals surface area contributed by atoms with E-state index in [1.54, 1.807) is 27.7 Å². The summed E-state index contributed by atoms with van der Waals surface area (Å²) in [5, 5.41) is 16.1. The second-order valence-corrected chi connectivity index (χ2v) is 6.78. The number of fused-ring (bicyclic) bond motifs is 2. The number of nitrogens with one attached hydrogen (secondary N) is 2. The molecule has 154 valence electrons. The highest BCUT2D eigenvalue weighted by Gasteiger charge is 2.44. The lowest BCUT2D eigenvalue weighted by Gasteiger charge is -2.33. The summed E-state index contributed by atoms with van der Waals surface area (Å²) in [6.07, 6.45) is 0.665. The van der Waals surface area contributed by atoms with Crippen molar-refractivity contribution in [2.45, 2.75) is 25.2 Å². The summed E-state index contributed by atoms with van der Waals surface area (Å²) in [6.45, 7) is 1.56. The van der Waals surface area contributed by atoms with E-state index >= 15 is 0 Å². The number of carbonyl (C=O) groups excluding carboxylic acids is 1. The number of hydrogen-bond acceptors (Lipinski definition) is 7. The minimum absolute atomic E-state index is 0.189. The Balaban J connectivity index is 0.000000645. The van der Waals surface area contributed by atoms with Crippen LogP contribution in [0.2, 0.25) is 0 Å². The molecule has 1 unspecified atom stereocenters. The Kier molecular flexibility index (Phi) is 4.84. The molecule has 1 saturated heterocycles. The second kappa shape index (κ2) is 7.47. The third-order valence-electron chi connectivity index (χ3n) is 5.02. The molecule has 1 aromatic heterocycles. The Hall–Kier alpha value is -3.54. The van der Waals surface area contributed by atoms with Gasteiger partial charge in [-0.25, -0.2) is 14.7 Å². The van der Waals surface area contributed by atoms with Gasteiger partial charge in [0.1, 0.15) is 12.2 Å². The fourth-order valence-electron chi connectivity index (χ4n) is 3.62. The predicted molar refractivity (Wildman–Crippen MR) is 96.8 cm³/mol. The van der Waals surface area contributed by atoms with Gasteiger partial charge in [-0.3, -0.25) is 9.36 Å². The number of carboxylic acid groups (broad SMARTS) is 1. The third kappa shape index (κ3) is 3.61. The minimum atomic E-state index is -0.549. The number of carbonyl (C=O) groups is 2. The number of anilines is 1. The molecule has 3 N–H and O–H groups in total. The summed E-state index contributed by atoms with van der Waals surface area (Å²) in [4.78, 5) is 34.5. The van der Waals surface area contributed by atoms with Gasteiger partial charge in [-0.05, 0) is 18.6 Å². The molecule has 3 aliphatic rings. The maximum absolute atomic E-state index is 12.6. The fourth-order valence-corrected chi connectivity index (χ4v) is 3.62. The topological polar surface area (TPSA) is 148 Å². The van der Waals surface area contributed by atoms with Crippen molar-refractivity contribution in [2.24, 2.45) is 0 Å². The number of benzene rings is 1. The van der Waals surface area contributed by atoms with Crippen LogP contribution in [-0.4, -0.2) is 62.8 Å². The lowest BCUT2D eigenvalue weighted by atomic mass is 10.0. The van der Waals surface area contributed by atoms with Gasteiger partial charge in [0.15, 0.2) is 17.3 Å². The van der Waals surface area contributed by atoms with Crippen LogP contribution in [0.25, 0.3) is 0 Å². The predicted octanol–water partition coefficient (Wildman–Crippen LogP) is 0.208. The maximum atomic E-state index is 12.6. The number of ether oxygens (including phenoxy) is 3.